The van der Waals surface area contributed by atoms with Crippen LogP contribution >= 0.6 is 0 Å². The van der Waals surface area contributed by atoms with Crippen molar-refractivity contribution in [3.05, 3.63) is 11.3 Å². The highest BCUT2D eigenvalue weighted by Gasteiger charge is 2.51. The normalized spacial score (nSPS) is 41.0. The van der Waals surface area contributed by atoms with Crippen molar-refractivity contribution in [2.75, 3.05) is 13.2 Å². The maximum absolute atomic E-state index is 10.4. The maximum atomic E-state index is 10.4. The van der Waals surface area contributed by atoms with Gasteiger partial charge < -0.3 is 19.3 Å². The Morgan fingerprint density at radius 2 is 1.88 bits per heavy atom. The van der Waals surface area contributed by atoms with Gasteiger partial charge in [-0.2, -0.15) is 0 Å². The minimum Gasteiger partial charge on any atom is -0.495 e. The van der Waals surface area contributed by atoms with Gasteiger partial charge in [0.25, 0.3) is 0 Å². The summed E-state index contributed by atoms with van der Waals surface area (Å²) in [4.78, 5) is 0. The van der Waals surface area contributed by atoms with Gasteiger partial charge in [-0.3, -0.25) is 0 Å². The van der Waals surface area contributed by atoms with E-state index in [1.807, 2.05) is 0 Å². The van der Waals surface area contributed by atoms with E-state index in [0.717, 1.165) is 71.0 Å². The lowest BCUT2D eigenvalue weighted by Crippen LogP contribution is -2.38. The van der Waals surface area contributed by atoms with Gasteiger partial charge in [0.05, 0.1) is 31.2 Å². The van der Waals surface area contributed by atoms with Crippen molar-refractivity contribution >= 4 is 0 Å². The molecule has 1 N–H and O–H groups in total. The summed E-state index contributed by atoms with van der Waals surface area (Å²) in [5, 5.41) is 10.4. The van der Waals surface area contributed by atoms with E-state index in [0.29, 0.717) is 12.0 Å². The van der Waals surface area contributed by atoms with Crippen LogP contribution in [0.1, 0.15) is 71.6 Å². The van der Waals surface area contributed by atoms with Crippen LogP contribution in [0.4, 0.5) is 0 Å². The third kappa shape index (κ3) is 2.91. The summed E-state index contributed by atoms with van der Waals surface area (Å²) in [5.41, 5.74) is 1.63. The minimum atomic E-state index is -0.369. The number of aliphatic hydroxyl groups is 1. The van der Waals surface area contributed by atoms with Crippen molar-refractivity contribution in [2.45, 2.75) is 89.6 Å². The van der Waals surface area contributed by atoms with Crippen molar-refractivity contribution in [2.24, 2.45) is 11.3 Å². The van der Waals surface area contributed by atoms with E-state index in [-0.39, 0.29) is 17.3 Å². The Labute approximate surface area is 145 Å². The first-order valence-corrected chi connectivity index (χ1v) is 9.85. The fraction of sp³-hybridized carbons (Fsp3) is 0.900. The second-order valence-corrected chi connectivity index (χ2v) is 8.60. The van der Waals surface area contributed by atoms with Crippen LogP contribution in [-0.4, -0.2) is 36.3 Å². The van der Waals surface area contributed by atoms with Crippen LogP contribution in [0.5, 0.6) is 0 Å². The summed E-state index contributed by atoms with van der Waals surface area (Å²) in [6, 6.07) is 0. The predicted molar refractivity (Wildman–Crippen MR) is 91.4 cm³/mol. The Balaban J connectivity index is 1.33. The molecule has 1 saturated carbocycles. The molecule has 2 heterocycles. The van der Waals surface area contributed by atoms with Crippen LogP contribution in [0.2, 0.25) is 0 Å². The van der Waals surface area contributed by atoms with Crippen LogP contribution in [-0.2, 0) is 14.2 Å². The van der Waals surface area contributed by atoms with E-state index in [2.05, 4.69) is 13.8 Å². The third-order valence-corrected chi connectivity index (χ3v) is 7.06. The summed E-state index contributed by atoms with van der Waals surface area (Å²) < 4.78 is 17.8. The molecule has 0 amide bonds. The second-order valence-electron chi connectivity index (χ2n) is 8.60. The van der Waals surface area contributed by atoms with Crippen molar-refractivity contribution in [1.82, 2.24) is 0 Å². The molecule has 4 aliphatic rings. The summed E-state index contributed by atoms with van der Waals surface area (Å²) >= 11 is 0. The number of hydrogen-bond acceptors (Lipinski definition) is 4. The maximum Gasteiger partial charge on any atom is 0.165 e. The van der Waals surface area contributed by atoms with Gasteiger partial charge in [-0.1, -0.05) is 6.92 Å². The molecule has 0 aromatic heterocycles. The lowest BCUT2D eigenvalue weighted by molar-refractivity contribution is -0.148. The topological polar surface area (TPSA) is 47.9 Å². The molecule has 0 bridgehead atoms. The average molecular weight is 336 g/mol. The Morgan fingerprint density at radius 1 is 1.08 bits per heavy atom. The average Bonchev–Trinajstić information content (AvgIpc) is 3.12. The SMILES string of the molecule is CC1(CCCC2CCC3=C(CC[C@@]4(C)C(O)CC[C@@H]34)O2)OCCO1. The van der Waals surface area contributed by atoms with Gasteiger partial charge in [0.1, 0.15) is 0 Å². The minimum absolute atomic E-state index is 0.0980. The van der Waals surface area contributed by atoms with Gasteiger partial charge in [0.15, 0.2) is 5.79 Å². The van der Waals surface area contributed by atoms with E-state index >= 15 is 0 Å². The third-order valence-electron chi connectivity index (χ3n) is 7.06. The van der Waals surface area contributed by atoms with Crippen molar-refractivity contribution < 1.29 is 19.3 Å². The first kappa shape index (κ1) is 16.9. The van der Waals surface area contributed by atoms with Gasteiger partial charge in [-0.25, -0.2) is 0 Å². The number of aliphatic hydroxyl groups excluding tert-OH is 1. The highest BCUT2D eigenvalue weighted by Crippen LogP contribution is 2.56. The fourth-order valence-corrected chi connectivity index (χ4v) is 5.45. The predicted octanol–water partition coefficient (Wildman–Crippen LogP) is 3.92. The molecule has 0 radical (unpaired) electrons. The van der Waals surface area contributed by atoms with Crippen molar-refractivity contribution in [1.29, 1.82) is 0 Å². The highest BCUT2D eigenvalue weighted by molar-refractivity contribution is 5.25. The van der Waals surface area contributed by atoms with E-state index in [1.54, 1.807) is 0 Å². The Morgan fingerprint density at radius 3 is 2.67 bits per heavy atom. The van der Waals surface area contributed by atoms with E-state index < -0.39 is 0 Å². The molecule has 136 valence electrons. The number of hydrogen-bond donors (Lipinski definition) is 1. The quantitative estimate of drug-likeness (QED) is 0.845. The number of ether oxygens (including phenoxy) is 3. The molecule has 0 aromatic carbocycles. The lowest BCUT2D eigenvalue weighted by atomic mass is 9.66. The zero-order valence-electron chi connectivity index (χ0n) is 15.2. The summed E-state index contributed by atoms with van der Waals surface area (Å²) in [6.45, 7) is 5.78. The van der Waals surface area contributed by atoms with Crippen LogP contribution < -0.4 is 0 Å². The van der Waals surface area contributed by atoms with Crippen LogP contribution in [0.25, 0.3) is 0 Å². The standard InChI is InChI=1S/C20H32O4/c1-19-11-9-17-15(16(19)7-8-18(19)21)6-5-14(24-17)4-3-10-20(2)22-12-13-23-20/h14,16,18,21H,3-13H2,1-2H3/t14?,16-,18?,19+/m0/s1. The molecule has 4 atom stereocenters. The second kappa shape index (κ2) is 6.30. The van der Waals surface area contributed by atoms with Gasteiger partial charge in [-0.05, 0) is 63.4 Å². The smallest absolute Gasteiger partial charge is 0.165 e. The lowest BCUT2D eigenvalue weighted by Gasteiger charge is -2.44. The zero-order valence-corrected chi connectivity index (χ0v) is 15.2. The van der Waals surface area contributed by atoms with Crippen LogP contribution in [0, 0.1) is 11.3 Å². The highest BCUT2D eigenvalue weighted by atomic mass is 16.7. The summed E-state index contributed by atoms with van der Waals surface area (Å²) in [7, 11) is 0. The Bertz CT molecular complexity index is 508. The zero-order chi connectivity index (χ0) is 16.8. The van der Waals surface area contributed by atoms with Gasteiger partial charge in [0.2, 0.25) is 0 Å². The molecular formula is C20H32O4. The largest absolute Gasteiger partial charge is 0.495 e. The van der Waals surface area contributed by atoms with Gasteiger partial charge in [0, 0.05) is 18.3 Å². The molecule has 2 aliphatic carbocycles. The molecule has 2 unspecified atom stereocenters. The molecule has 4 rings (SSSR count). The van der Waals surface area contributed by atoms with Crippen molar-refractivity contribution in [3.8, 4) is 0 Å². The first-order chi connectivity index (χ1) is 11.5. The molecule has 4 nitrogen and oxygen atoms in total. The van der Waals surface area contributed by atoms with Gasteiger partial charge in [-0.15, -0.1) is 0 Å². The number of rotatable bonds is 4. The molecule has 4 heteroatoms. The molecule has 24 heavy (non-hydrogen) atoms. The van der Waals surface area contributed by atoms with Crippen molar-refractivity contribution in [3.63, 3.8) is 0 Å². The van der Waals surface area contributed by atoms with E-state index in [4.69, 9.17) is 14.2 Å². The van der Waals surface area contributed by atoms with Crippen LogP contribution in [0.3, 0.4) is 0 Å². The molecule has 2 fully saturated rings. The molecule has 0 aromatic rings. The molecule has 1 saturated heterocycles. The van der Waals surface area contributed by atoms with E-state index in [1.165, 1.54) is 11.3 Å². The first-order valence-electron chi connectivity index (χ1n) is 9.85. The summed E-state index contributed by atoms with van der Waals surface area (Å²) in [5.74, 6) is 1.45. The Kier molecular flexibility index (Phi) is 4.42. The monoisotopic (exact) mass is 336 g/mol. The fourth-order valence-electron chi connectivity index (χ4n) is 5.45. The number of allylic oxidation sites excluding steroid dienone is 2. The van der Waals surface area contributed by atoms with Gasteiger partial charge >= 0.3 is 0 Å². The molecular weight excluding hydrogens is 304 g/mol. The molecule has 0 spiro atoms. The number of fused-ring (bicyclic) bond motifs is 2. The summed E-state index contributed by atoms with van der Waals surface area (Å²) in [6.07, 6.45) is 9.82. The molecule has 2 aliphatic heterocycles. The van der Waals surface area contributed by atoms with E-state index in [9.17, 15) is 5.11 Å². The Hall–Kier alpha value is -0.580. The van der Waals surface area contributed by atoms with Crippen LogP contribution in [0.15, 0.2) is 11.3 Å².